The highest BCUT2D eigenvalue weighted by Crippen LogP contribution is 2.19. The lowest BCUT2D eigenvalue weighted by Crippen LogP contribution is -2.46. The Bertz CT molecular complexity index is 622. The quantitative estimate of drug-likeness (QED) is 0.913. The third-order valence-electron chi connectivity index (χ3n) is 3.95. The van der Waals surface area contributed by atoms with Crippen LogP contribution in [0.4, 0.5) is 4.79 Å². The molecule has 0 bridgehead atoms. The fourth-order valence-corrected chi connectivity index (χ4v) is 4.23. The highest BCUT2D eigenvalue weighted by Gasteiger charge is 2.29. The number of benzene rings is 1. The maximum atomic E-state index is 12.5. The maximum absolute atomic E-state index is 12.5. The molecule has 1 amide bonds. The molecule has 0 radical (unpaired) electrons. The van der Waals surface area contributed by atoms with E-state index in [-0.39, 0.29) is 11.8 Å². The summed E-state index contributed by atoms with van der Waals surface area (Å²) in [5.74, 6) is 0.0226. The monoisotopic (exact) mass is 326 g/mol. The zero-order valence-electron chi connectivity index (χ0n) is 12.9. The number of methoxy groups -OCH3 is 1. The summed E-state index contributed by atoms with van der Waals surface area (Å²) >= 11 is 0. The Morgan fingerprint density at radius 3 is 2.55 bits per heavy atom. The number of alkyl carbamates (subject to hydrolysis) is 1. The third-order valence-corrected chi connectivity index (χ3v) is 5.78. The lowest BCUT2D eigenvalue weighted by Gasteiger charge is -2.31. The number of nitrogens with one attached hydrogen (secondary N) is 1. The van der Waals surface area contributed by atoms with Gasteiger partial charge in [-0.1, -0.05) is 24.3 Å². The van der Waals surface area contributed by atoms with Crippen LogP contribution >= 0.6 is 0 Å². The second-order valence-electron chi connectivity index (χ2n) is 5.49. The molecule has 1 aromatic carbocycles. The number of amides is 1. The van der Waals surface area contributed by atoms with Gasteiger partial charge in [-0.3, -0.25) is 0 Å². The first kappa shape index (κ1) is 16.8. The van der Waals surface area contributed by atoms with Crippen LogP contribution in [0.2, 0.25) is 0 Å². The Morgan fingerprint density at radius 1 is 1.32 bits per heavy atom. The Hall–Kier alpha value is -1.60. The number of hydrogen-bond acceptors (Lipinski definition) is 4. The molecule has 6 nitrogen and oxygen atoms in total. The molecular formula is C15H22N2O4S. The molecule has 0 aliphatic carbocycles. The van der Waals surface area contributed by atoms with Crippen molar-refractivity contribution in [2.45, 2.75) is 31.6 Å². The number of hydrogen-bond donors (Lipinski definition) is 1. The average molecular weight is 326 g/mol. The van der Waals surface area contributed by atoms with Crippen molar-refractivity contribution >= 4 is 16.1 Å². The molecule has 22 heavy (non-hydrogen) atoms. The van der Waals surface area contributed by atoms with Crippen molar-refractivity contribution in [3.63, 3.8) is 0 Å². The number of carbonyl (C=O) groups is 1. The summed E-state index contributed by atoms with van der Waals surface area (Å²) in [6, 6.07) is 7.48. The molecule has 0 aromatic heterocycles. The van der Waals surface area contributed by atoms with Gasteiger partial charge in [-0.15, -0.1) is 0 Å². The minimum Gasteiger partial charge on any atom is -0.453 e. The number of sulfonamides is 1. The van der Waals surface area contributed by atoms with E-state index in [2.05, 4.69) is 10.1 Å². The third kappa shape index (κ3) is 4.20. The van der Waals surface area contributed by atoms with Gasteiger partial charge in [0.25, 0.3) is 0 Å². The second kappa shape index (κ2) is 7.11. The topological polar surface area (TPSA) is 75.7 Å². The van der Waals surface area contributed by atoms with Crippen LogP contribution in [0, 0.1) is 6.92 Å². The minimum absolute atomic E-state index is 0.0226. The minimum atomic E-state index is -3.33. The summed E-state index contributed by atoms with van der Waals surface area (Å²) in [4.78, 5) is 11.2. The molecular weight excluding hydrogens is 304 g/mol. The van der Waals surface area contributed by atoms with Gasteiger partial charge >= 0.3 is 6.09 Å². The average Bonchev–Trinajstić information content (AvgIpc) is 2.50. The van der Waals surface area contributed by atoms with E-state index in [0.717, 1.165) is 11.1 Å². The van der Waals surface area contributed by atoms with Crippen molar-refractivity contribution in [2.24, 2.45) is 0 Å². The molecule has 1 heterocycles. The van der Waals surface area contributed by atoms with Crippen molar-refractivity contribution in [1.29, 1.82) is 0 Å². The van der Waals surface area contributed by atoms with E-state index >= 15 is 0 Å². The van der Waals surface area contributed by atoms with Crippen LogP contribution in [0.3, 0.4) is 0 Å². The van der Waals surface area contributed by atoms with E-state index in [1.807, 2.05) is 31.2 Å². The predicted molar refractivity (Wildman–Crippen MR) is 83.9 cm³/mol. The highest BCUT2D eigenvalue weighted by molar-refractivity contribution is 7.88. The smallest absolute Gasteiger partial charge is 0.407 e. The molecule has 1 aromatic rings. The van der Waals surface area contributed by atoms with Gasteiger partial charge in [-0.25, -0.2) is 17.5 Å². The molecule has 1 fully saturated rings. The fourth-order valence-electron chi connectivity index (χ4n) is 2.56. The van der Waals surface area contributed by atoms with Gasteiger partial charge in [0.2, 0.25) is 10.0 Å². The molecule has 7 heteroatoms. The van der Waals surface area contributed by atoms with Gasteiger partial charge in [0.15, 0.2) is 0 Å². The summed E-state index contributed by atoms with van der Waals surface area (Å²) in [6.45, 7) is 2.75. The van der Waals surface area contributed by atoms with Crippen molar-refractivity contribution < 1.29 is 17.9 Å². The van der Waals surface area contributed by atoms with E-state index in [1.54, 1.807) is 0 Å². The highest BCUT2D eigenvalue weighted by atomic mass is 32.2. The van der Waals surface area contributed by atoms with Gasteiger partial charge in [0, 0.05) is 19.1 Å². The van der Waals surface area contributed by atoms with Gasteiger partial charge < -0.3 is 10.1 Å². The summed E-state index contributed by atoms with van der Waals surface area (Å²) in [5, 5.41) is 2.72. The number of nitrogens with zero attached hydrogens (tertiary/aromatic N) is 1. The zero-order valence-corrected chi connectivity index (χ0v) is 13.7. The van der Waals surface area contributed by atoms with Crippen LogP contribution in [0.15, 0.2) is 24.3 Å². The molecule has 0 unspecified atom stereocenters. The first-order valence-corrected chi connectivity index (χ1v) is 8.90. The number of aryl methyl sites for hydroxylation is 1. The fraction of sp³-hybridized carbons (Fsp3) is 0.533. The first-order valence-electron chi connectivity index (χ1n) is 7.29. The van der Waals surface area contributed by atoms with Crippen molar-refractivity contribution in [3.05, 3.63) is 35.4 Å². The van der Waals surface area contributed by atoms with Crippen LogP contribution in [0.1, 0.15) is 24.0 Å². The van der Waals surface area contributed by atoms with E-state index in [0.29, 0.717) is 25.9 Å². The molecule has 1 N–H and O–H groups in total. The summed E-state index contributed by atoms with van der Waals surface area (Å²) in [6.07, 6.45) is 0.728. The van der Waals surface area contributed by atoms with Crippen molar-refractivity contribution in [2.75, 3.05) is 20.2 Å². The number of carbonyl (C=O) groups excluding carboxylic acids is 1. The predicted octanol–water partition coefficient (Wildman–Crippen LogP) is 1.65. The largest absolute Gasteiger partial charge is 0.453 e. The summed E-state index contributed by atoms with van der Waals surface area (Å²) in [7, 11) is -2.01. The molecule has 2 rings (SSSR count). The Morgan fingerprint density at radius 2 is 1.95 bits per heavy atom. The van der Waals surface area contributed by atoms with Crippen LogP contribution in [0.5, 0.6) is 0 Å². The molecule has 0 atom stereocenters. The molecule has 1 saturated heterocycles. The van der Waals surface area contributed by atoms with E-state index in [4.69, 9.17) is 0 Å². The standard InChI is InChI=1S/C15H22N2O4S/c1-12-5-3-4-6-13(12)11-22(19,20)17-9-7-14(8-10-17)16-15(18)21-2/h3-6,14H,7-11H2,1-2H3,(H,16,18). The summed E-state index contributed by atoms with van der Waals surface area (Å²) in [5.41, 5.74) is 1.81. The van der Waals surface area contributed by atoms with E-state index < -0.39 is 16.1 Å². The number of ether oxygens (including phenoxy) is 1. The van der Waals surface area contributed by atoms with Crippen LogP contribution in [0.25, 0.3) is 0 Å². The van der Waals surface area contributed by atoms with Gasteiger partial charge in [-0.05, 0) is 30.9 Å². The molecule has 0 spiro atoms. The van der Waals surface area contributed by atoms with E-state index in [1.165, 1.54) is 11.4 Å². The van der Waals surface area contributed by atoms with Crippen LogP contribution < -0.4 is 5.32 Å². The Balaban J connectivity index is 1.95. The maximum Gasteiger partial charge on any atom is 0.407 e. The van der Waals surface area contributed by atoms with Crippen molar-refractivity contribution in [1.82, 2.24) is 9.62 Å². The lowest BCUT2D eigenvalue weighted by atomic mass is 10.1. The number of piperidine rings is 1. The number of rotatable bonds is 4. The second-order valence-corrected chi connectivity index (χ2v) is 7.46. The van der Waals surface area contributed by atoms with Crippen LogP contribution in [-0.2, 0) is 20.5 Å². The van der Waals surface area contributed by atoms with E-state index in [9.17, 15) is 13.2 Å². The van der Waals surface area contributed by atoms with Crippen molar-refractivity contribution in [3.8, 4) is 0 Å². The van der Waals surface area contributed by atoms with Gasteiger partial charge in [0.1, 0.15) is 0 Å². The van der Waals surface area contributed by atoms with Gasteiger partial charge in [0.05, 0.1) is 12.9 Å². The summed E-state index contributed by atoms with van der Waals surface area (Å²) < 4.78 is 31.1. The zero-order chi connectivity index (χ0) is 16.2. The lowest BCUT2D eigenvalue weighted by molar-refractivity contribution is 0.161. The molecule has 122 valence electrons. The van der Waals surface area contributed by atoms with Gasteiger partial charge in [-0.2, -0.15) is 0 Å². The normalized spacial score (nSPS) is 17.2. The Kier molecular flexibility index (Phi) is 5.42. The molecule has 1 aliphatic heterocycles. The Labute approximate surface area is 131 Å². The van der Waals surface area contributed by atoms with Crippen LogP contribution in [-0.4, -0.2) is 45.1 Å². The first-order chi connectivity index (χ1) is 10.4. The molecule has 1 aliphatic rings. The molecule has 0 saturated carbocycles. The SMILES string of the molecule is COC(=O)NC1CCN(S(=O)(=O)Cc2ccccc2C)CC1.